The molecule has 0 saturated carbocycles. The molecule has 1 aliphatic rings. The van der Waals surface area contributed by atoms with Crippen LogP contribution in [0.25, 0.3) is 0 Å². The summed E-state index contributed by atoms with van der Waals surface area (Å²) < 4.78 is 0. The number of carbonyl (C=O) groups is 1. The van der Waals surface area contributed by atoms with Gasteiger partial charge >= 0.3 is 0 Å². The van der Waals surface area contributed by atoms with Gasteiger partial charge in [-0.1, -0.05) is 20.3 Å². The normalized spacial score (nSPS) is 19.6. The molecule has 1 aliphatic heterocycles. The third kappa shape index (κ3) is 5.38. The van der Waals surface area contributed by atoms with Gasteiger partial charge in [0.25, 0.3) is 0 Å². The highest BCUT2D eigenvalue weighted by Gasteiger charge is 2.24. The number of rotatable bonds is 6. The standard InChI is InChI=1S/C15H30N2O/c1-5-8-15(3,4)17-14(18)11-12(2)13-6-9-16-10-7-13/h12-13,16H,5-11H2,1-4H3,(H,17,18). The van der Waals surface area contributed by atoms with Crippen LogP contribution in [0.3, 0.4) is 0 Å². The number of piperidine rings is 1. The molecule has 1 heterocycles. The SMILES string of the molecule is CCCC(C)(C)NC(=O)CC(C)C1CCNCC1. The minimum atomic E-state index is -0.0559. The van der Waals surface area contributed by atoms with Gasteiger partial charge in [0.1, 0.15) is 0 Å². The lowest BCUT2D eigenvalue weighted by atomic mass is 9.84. The molecule has 1 fully saturated rings. The number of nitrogens with one attached hydrogen (secondary N) is 2. The number of amides is 1. The second-order valence-electron chi connectivity index (χ2n) is 6.45. The van der Waals surface area contributed by atoms with Crippen molar-refractivity contribution in [1.29, 1.82) is 0 Å². The lowest BCUT2D eigenvalue weighted by Crippen LogP contribution is -2.44. The topological polar surface area (TPSA) is 41.1 Å². The Hall–Kier alpha value is -0.570. The maximum Gasteiger partial charge on any atom is 0.220 e. The maximum atomic E-state index is 12.1. The molecule has 0 radical (unpaired) electrons. The molecular formula is C15H30N2O. The van der Waals surface area contributed by atoms with Crippen LogP contribution in [0.4, 0.5) is 0 Å². The van der Waals surface area contributed by atoms with E-state index in [4.69, 9.17) is 0 Å². The first kappa shape index (κ1) is 15.5. The fourth-order valence-electron chi connectivity index (χ4n) is 2.99. The van der Waals surface area contributed by atoms with Gasteiger partial charge in [0.05, 0.1) is 0 Å². The molecule has 0 aromatic heterocycles. The van der Waals surface area contributed by atoms with Gasteiger partial charge in [-0.25, -0.2) is 0 Å². The number of carbonyl (C=O) groups excluding carboxylic acids is 1. The highest BCUT2D eigenvalue weighted by atomic mass is 16.1. The van der Waals surface area contributed by atoms with Crippen molar-refractivity contribution in [2.24, 2.45) is 11.8 Å². The zero-order valence-electron chi connectivity index (χ0n) is 12.5. The van der Waals surface area contributed by atoms with E-state index in [9.17, 15) is 4.79 Å². The second kappa shape index (κ2) is 7.13. The summed E-state index contributed by atoms with van der Waals surface area (Å²) in [5.74, 6) is 1.44. The van der Waals surface area contributed by atoms with Crippen molar-refractivity contribution >= 4 is 5.91 Å². The molecule has 1 rings (SSSR count). The van der Waals surface area contributed by atoms with E-state index in [-0.39, 0.29) is 11.4 Å². The molecule has 106 valence electrons. The monoisotopic (exact) mass is 254 g/mol. The largest absolute Gasteiger partial charge is 0.351 e. The molecule has 0 spiro atoms. The van der Waals surface area contributed by atoms with Crippen molar-refractivity contribution in [2.45, 2.75) is 65.3 Å². The fraction of sp³-hybridized carbons (Fsp3) is 0.933. The van der Waals surface area contributed by atoms with Crippen molar-refractivity contribution in [3.63, 3.8) is 0 Å². The average molecular weight is 254 g/mol. The smallest absolute Gasteiger partial charge is 0.220 e. The first-order valence-electron chi connectivity index (χ1n) is 7.46. The van der Waals surface area contributed by atoms with Gasteiger partial charge in [-0.3, -0.25) is 4.79 Å². The Balaban J connectivity index is 2.34. The van der Waals surface area contributed by atoms with Crippen LogP contribution in [0.15, 0.2) is 0 Å². The zero-order chi connectivity index (χ0) is 13.6. The Kier molecular flexibility index (Phi) is 6.13. The van der Waals surface area contributed by atoms with Crippen LogP contribution in [-0.4, -0.2) is 24.5 Å². The molecule has 1 atom stereocenters. The molecular weight excluding hydrogens is 224 g/mol. The van der Waals surface area contributed by atoms with Crippen molar-refractivity contribution < 1.29 is 4.79 Å². The molecule has 2 N–H and O–H groups in total. The predicted molar refractivity (Wildman–Crippen MR) is 76.5 cm³/mol. The Morgan fingerprint density at radius 3 is 2.56 bits per heavy atom. The molecule has 0 aromatic carbocycles. The van der Waals surface area contributed by atoms with Gasteiger partial charge in [0.2, 0.25) is 5.91 Å². The second-order valence-corrected chi connectivity index (χ2v) is 6.45. The van der Waals surface area contributed by atoms with Crippen LogP contribution in [-0.2, 0) is 4.79 Å². The zero-order valence-corrected chi connectivity index (χ0v) is 12.5. The van der Waals surface area contributed by atoms with E-state index in [1.165, 1.54) is 12.8 Å². The Morgan fingerprint density at radius 2 is 2.00 bits per heavy atom. The van der Waals surface area contributed by atoms with Crippen LogP contribution >= 0.6 is 0 Å². The van der Waals surface area contributed by atoms with Crippen LogP contribution in [0.5, 0.6) is 0 Å². The first-order chi connectivity index (χ1) is 8.44. The first-order valence-corrected chi connectivity index (χ1v) is 7.46. The minimum absolute atomic E-state index is 0.0559. The Labute approximate surface area is 112 Å². The molecule has 0 aromatic rings. The molecule has 18 heavy (non-hydrogen) atoms. The predicted octanol–water partition coefficient (Wildman–Crippen LogP) is 2.71. The molecule has 3 heteroatoms. The third-order valence-electron chi connectivity index (χ3n) is 4.05. The summed E-state index contributed by atoms with van der Waals surface area (Å²) >= 11 is 0. The lowest BCUT2D eigenvalue weighted by molar-refractivity contribution is -0.124. The van der Waals surface area contributed by atoms with Crippen molar-refractivity contribution in [3.05, 3.63) is 0 Å². The van der Waals surface area contributed by atoms with Gasteiger partial charge in [0, 0.05) is 12.0 Å². The van der Waals surface area contributed by atoms with Crippen molar-refractivity contribution in [1.82, 2.24) is 10.6 Å². The highest BCUT2D eigenvalue weighted by molar-refractivity contribution is 5.76. The van der Waals surface area contributed by atoms with E-state index in [2.05, 4.69) is 38.3 Å². The van der Waals surface area contributed by atoms with Gasteiger partial charge in [-0.2, -0.15) is 0 Å². The molecule has 0 bridgehead atoms. The summed E-state index contributed by atoms with van der Waals surface area (Å²) in [7, 11) is 0. The summed E-state index contributed by atoms with van der Waals surface area (Å²) in [6.07, 6.45) is 5.26. The molecule has 0 aliphatic carbocycles. The van der Waals surface area contributed by atoms with E-state index < -0.39 is 0 Å². The van der Waals surface area contributed by atoms with E-state index in [0.29, 0.717) is 18.3 Å². The van der Waals surface area contributed by atoms with Gasteiger partial charge < -0.3 is 10.6 Å². The molecule has 1 amide bonds. The van der Waals surface area contributed by atoms with Gasteiger partial charge in [0.15, 0.2) is 0 Å². The minimum Gasteiger partial charge on any atom is -0.351 e. The third-order valence-corrected chi connectivity index (χ3v) is 4.05. The van der Waals surface area contributed by atoms with Crippen LogP contribution in [0, 0.1) is 11.8 Å². The Bertz CT molecular complexity index is 257. The van der Waals surface area contributed by atoms with Crippen molar-refractivity contribution in [2.75, 3.05) is 13.1 Å². The summed E-state index contributed by atoms with van der Waals surface area (Å²) in [6.45, 7) is 10.8. The quantitative estimate of drug-likeness (QED) is 0.765. The Morgan fingerprint density at radius 1 is 1.39 bits per heavy atom. The summed E-state index contributed by atoms with van der Waals surface area (Å²) in [5.41, 5.74) is -0.0559. The van der Waals surface area contributed by atoms with Crippen LogP contribution in [0.1, 0.15) is 59.8 Å². The van der Waals surface area contributed by atoms with E-state index in [0.717, 1.165) is 25.9 Å². The van der Waals surface area contributed by atoms with Crippen molar-refractivity contribution in [3.8, 4) is 0 Å². The number of hydrogen-bond acceptors (Lipinski definition) is 2. The summed E-state index contributed by atoms with van der Waals surface area (Å²) in [5, 5.41) is 6.55. The summed E-state index contributed by atoms with van der Waals surface area (Å²) in [6, 6.07) is 0. The van der Waals surface area contributed by atoms with Crippen LogP contribution in [0.2, 0.25) is 0 Å². The van der Waals surface area contributed by atoms with Gasteiger partial charge in [-0.15, -0.1) is 0 Å². The molecule has 3 nitrogen and oxygen atoms in total. The molecule has 1 unspecified atom stereocenters. The maximum absolute atomic E-state index is 12.1. The van der Waals surface area contributed by atoms with E-state index in [1.807, 2.05) is 0 Å². The van der Waals surface area contributed by atoms with E-state index >= 15 is 0 Å². The highest BCUT2D eigenvalue weighted by Crippen LogP contribution is 2.24. The molecule has 1 saturated heterocycles. The number of hydrogen-bond donors (Lipinski definition) is 2. The fourth-order valence-corrected chi connectivity index (χ4v) is 2.99. The van der Waals surface area contributed by atoms with Gasteiger partial charge in [-0.05, 0) is 58.0 Å². The van der Waals surface area contributed by atoms with Crippen LogP contribution < -0.4 is 10.6 Å². The lowest BCUT2D eigenvalue weighted by Gasteiger charge is -2.30. The summed E-state index contributed by atoms with van der Waals surface area (Å²) in [4.78, 5) is 12.1. The average Bonchev–Trinajstić information content (AvgIpc) is 2.28. The van der Waals surface area contributed by atoms with E-state index in [1.54, 1.807) is 0 Å².